The molecule has 0 aliphatic heterocycles. The summed E-state index contributed by atoms with van der Waals surface area (Å²) in [7, 11) is 1.83. The molecule has 1 heterocycles. The van der Waals surface area contributed by atoms with Gasteiger partial charge in [0.25, 0.3) is 0 Å². The van der Waals surface area contributed by atoms with Crippen LogP contribution in [0.25, 0.3) is 11.3 Å². The van der Waals surface area contributed by atoms with Crippen LogP contribution in [0.5, 0.6) is 5.75 Å². The molecule has 1 aromatic carbocycles. The van der Waals surface area contributed by atoms with Gasteiger partial charge in [-0.15, -0.1) is 0 Å². The third kappa shape index (κ3) is 1.52. The molecular formula is C12H15N3O. The van der Waals surface area contributed by atoms with E-state index in [4.69, 9.17) is 5.73 Å². The summed E-state index contributed by atoms with van der Waals surface area (Å²) in [6, 6.07) is 7.21. The molecule has 0 bridgehead atoms. The predicted octanol–water partition coefficient (Wildman–Crippen LogP) is 1.94. The highest BCUT2D eigenvalue weighted by Gasteiger charge is 2.16. The summed E-state index contributed by atoms with van der Waals surface area (Å²) in [5.41, 5.74) is 8.46. The minimum atomic E-state index is 0.250. The summed E-state index contributed by atoms with van der Waals surface area (Å²) in [6.45, 7) is 2.02. The Hall–Kier alpha value is -1.97. The van der Waals surface area contributed by atoms with E-state index in [-0.39, 0.29) is 5.75 Å². The Balaban J connectivity index is 2.69. The Morgan fingerprint density at radius 1 is 1.38 bits per heavy atom. The maximum Gasteiger partial charge on any atom is 0.149 e. The zero-order chi connectivity index (χ0) is 11.7. The highest BCUT2D eigenvalue weighted by molar-refractivity contribution is 5.73. The van der Waals surface area contributed by atoms with E-state index in [2.05, 4.69) is 5.10 Å². The quantitative estimate of drug-likeness (QED) is 0.808. The first-order chi connectivity index (χ1) is 7.65. The zero-order valence-electron chi connectivity index (χ0n) is 9.44. The Bertz CT molecular complexity index is 517. The van der Waals surface area contributed by atoms with Crippen LogP contribution in [-0.2, 0) is 13.5 Å². The maximum atomic E-state index is 9.84. The van der Waals surface area contributed by atoms with E-state index >= 15 is 0 Å². The minimum Gasteiger partial charge on any atom is -0.507 e. The summed E-state index contributed by atoms with van der Waals surface area (Å²) in [5, 5.41) is 14.0. The summed E-state index contributed by atoms with van der Waals surface area (Å²) in [4.78, 5) is 0. The molecule has 4 nitrogen and oxygen atoms in total. The number of anilines is 1. The molecule has 0 atom stereocenters. The third-order valence-electron chi connectivity index (χ3n) is 2.69. The number of aromatic nitrogens is 2. The number of aryl methyl sites for hydroxylation is 1. The number of para-hydroxylation sites is 1. The van der Waals surface area contributed by atoms with E-state index in [0.29, 0.717) is 5.82 Å². The normalized spacial score (nSPS) is 10.6. The highest BCUT2D eigenvalue weighted by atomic mass is 16.3. The van der Waals surface area contributed by atoms with Crippen molar-refractivity contribution < 1.29 is 5.11 Å². The van der Waals surface area contributed by atoms with Crippen LogP contribution in [0.2, 0.25) is 0 Å². The minimum absolute atomic E-state index is 0.250. The lowest BCUT2D eigenvalue weighted by Gasteiger charge is -2.07. The number of nitrogens with zero attached hydrogens (tertiary/aromatic N) is 2. The van der Waals surface area contributed by atoms with Gasteiger partial charge in [0, 0.05) is 18.2 Å². The lowest BCUT2D eigenvalue weighted by atomic mass is 10.0. The molecule has 0 amide bonds. The monoisotopic (exact) mass is 217 g/mol. The summed E-state index contributed by atoms with van der Waals surface area (Å²) in [5.74, 6) is 0.781. The van der Waals surface area contributed by atoms with Gasteiger partial charge in [-0.1, -0.05) is 19.1 Å². The third-order valence-corrected chi connectivity index (χ3v) is 2.69. The molecule has 2 rings (SSSR count). The molecule has 84 valence electrons. The van der Waals surface area contributed by atoms with E-state index in [1.54, 1.807) is 16.8 Å². The van der Waals surface area contributed by atoms with Gasteiger partial charge in [0.15, 0.2) is 0 Å². The van der Waals surface area contributed by atoms with Crippen LogP contribution in [0.1, 0.15) is 12.5 Å². The van der Waals surface area contributed by atoms with Gasteiger partial charge in [0.05, 0.1) is 5.69 Å². The molecule has 0 fully saturated rings. The van der Waals surface area contributed by atoms with E-state index < -0.39 is 0 Å². The number of phenols is 1. The van der Waals surface area contributed by atoms with Crippen LogP contribution in [0.15, 0.2) is 24.3 Å². The van der Waals surface area contributed by atoms with Gasteiger partial charge in [-0.3, -0.25) is 4.68 Å². The van der Waals surface area contributed by atoms with Crippen LogP contribution < -0.4 is 5.73 Å². The van der Waals surface area contributed by atoms with Crippen LogP contribution >= 0.6 is 0 Å². The number of phenolic OH excluding ortho intramolecular Hbond substituents is 1. The summed E-state index contributed by atoms with van der Waals surface area (Å²) >= 11 is 0. The molecule has 2 aromatic rings. The van der Waals surface area contributed by atoms with Crippen molar-refractivity contribution in [2.45, 2.75) is 13.3 Å². The van der Waals surface area contributed by atoms with E-state index in [1.807, 2.05) is 26.1 Å². The van der Waals surface area contributed by atoms with Crippen molar-refractivity contribution in [1.29, 1.82) is 0 Å². The molecule has 0 saturated carbocycles. The lowest BCUT2D eigenvalue weighted by molar-refractivity contribution is 0.476. The van der Waals surface area contributed by atoms with Crippen molar-refractivity contribution in [3.8, 4) is 17.0 Å². The van der Waals surface area contributed by atoms with E-state index in [9.17, 15) is 5.11 Å². The van der Waals surface area contributed by atoms with Crippen molar-refractivity contribution in [1.82, 2.24) is 9.78 Å². The van der Waals surface area contributed by atoms with Gasteiger partial charge in [0.2, 0.25) is 0 Å². The molecule has 4 heteroatoms. The first kappa shape index (κ1) is 10.5. The highest BCUT2D eigenvalue weighted by Crippen LogP contribution is 2.33. The molecule has 0 aliphatic rings. The second-order valence-corrected chi connectivity index (χ2v) is 3.71. The van der Waals surface area contributed by atoms with Crippen LogP contribution in [0.3, 0.4) is 0 Å². The van der Waals surface area contributed by atoms with Gasteiger partial charge < -0.3 is 10.8 Å². The van der Waals surface area contributed by atoms with Crippen LogP contribution in [0, 0.1) is 0 Å². The Kier molecular flexibility index (Phi) is 2.56. The smallest absolute Gasteiger partial charge is 0.149 e. The number of nitrogens with two attached hydrogens (primary N) is 1. The number of nitrogen functional groups attached to an aromatic ring is 1. The van der Waals surface area contributed by atoms with Crippen molar-refractivity contribution in [2.75, 3.05) is 5.73 Å². The average molecular weight is 217 g/mol. The van der Waals surface area contributed by atoms with Crippen molar-refractivity contribution >= 4 is 5.82 Å². The van der Waals surface area contributed by atoms with Gasteiger partial charge in [-0.25, -0.2) is 0 Å². The summed E-state index contributed by atoms with van der Waals surface area (Å²) in [6.07, 6.45) is 0.795. The average Bonchev–Trinajstić information content (AvgIpc) is 2.54. The first-order valence-electron chi connectivity index (χ1n) is 5.24. The SMILES string of the molecule is CCc1c(N)nn(C)c1-c1ccccc1O. The number of hydrogen-bond donors (Lipinski definition) is 2. The van der Waals surface area contributed by atoms with E-state index in [0.717, 1.165) is 23.2 Å². The molecule has 3 N–H and O–H groups in total. The number of benzene rings is 1. The zero-order valence-corrected chi connectivity index (χ0v) is 9.44. The largest absolute Gasteiger partial charge is 0.507 e. The van der Waals surface area contributed by atoms with Gasteiger partial charge >= 0.3 is 0 Å². The molecule has 0 saturated heterocycles. The van der Waals surface area contributed by atoms with Gasteiger partial charge in [0.1, 0.15) is 11.6 Å². The van der Waals surface area contributed by atoms with Crippen molar-refractivity contribution in [3.05, 3.63) is 29.8 Å². The fourth-order valence-electron chi connectivity index (χ4n) is 1.95. The second kappa shape index (κ2) is 3.89. The van der Waals surface area contributed by atoms with Gasteiger partial charge in [-0.05, 0) is 18.6 Å². The molecular weight excluding hydrogens is 202 g/mol. The number of aromatic hydroxyl groups is 1. The molecule has 0 unspecified atom stereocenters. The molecule has 1 aromatic heterocycles. The Morgan fingerprint density at radius 3 is 2.69 bits per heavy atom. The molecule has 16 heavy (non-hydrogen) atoms. The maximum absolute atomic E-state index is 9.84. The first-order valence-corrected chi connectivity index (χ1v) is 5.24. The fraction of sp³-hybridized carbons (Fsp3) is 0.250. The fourth-order valence-corrected chi connectivity index (χ4v) is 1.95. The standard InChI is InChI=1S/C12H15N3O/c1-3-8-11(15(2)14-12(8)13)9-6-4-5-7-10(9)16/h4-7,16H,3H2,1-2H3,(H2,13,14). The summed E-state index contributed by atoms with van der Waals surface area (Å²) < 4.78 is 1.71. The number of hydrogen-bond acceptors (Lipinski definition) is 3. The van der Waals surface area contributed by atoms with Crippen molar-refractivity contribution in [3.63, 3.8) is 0 Å². The topological polar surface area (TPSA) is 64.1 Å². The predicted molar refractivity (Wildman–Crippen MR) is 64.1 cm³/mol. The number of rotatable bonds is 2. The van der Waals surface area contributed by atoms with E-state index in [1.165, 1.54) is 0 Å². The molecule has 0 aliphatic carbocycles. The molecule has 0 radical (unpaired) electrons. The van der Waals surface area contributed by atoms with Gasteiger partial charge in [-0.2, -0.15) is 5.10 Å². The Morgan fingerprint density at radius 2 is 2.06 bits per heavy atom. The second-order valence-electron chi connectivity index (χ2n) is 3.71. The van der Waals surface area contributed by atoms with Crippen LogP contribution in [-0.4, -0.2) is 14.9 Å². The van der Waals surface area contributed by atoms with Crippen molar-refractivity contribution in [2.24, 2.45) is 7.05 Å². The van der Waals surface area contributed by atoms with Crippen LogP contribution in [0.4, 0.5) is 5.82 Å². The lowest BCUT2D eigenvalue weighted by Crippen LogP contribution is -1.95. The Labute approximate surface area is 94.3 Å². The molecule has 0 spiro atoms.